The van der Waals surface area contributed by atoms with Crippen LogP contribution in [0.2, 0.25) is 0 Å². The number of nitrogen functional groups attached to an aromatic ring is 1. The van der Waals surface area contributed by atoms with Gasteiger partial charge in [-0.3, -0.25) is 0 Å². The average molecular weight is 250 g/mol. The lowest BCUT2D eigenvalue weighted by molar-refractivity contribution is 0.577. The van der Waals surface area contributed by atoms with Gasteiger partial charge in [-0.1, -0.05) is 27.7 Å². The molecule has 1 saturated heterocycles. The molecule has 1 aromatic rings. The molecule has 0 spiro atoms. The van der Waals surface area contributed by atoms with Gasteiger partial charge in [-0.05, 0) is 49.9 Å². The molecule has 1 aliphatic rings. The van der Waals surface area contributed by atoms with Crippen LogP contribution in [0.25, 0.3) is 0 Å². The summed E-state index contributed by atoms with van der Waals surface area (Å²) in [4.78, 5) is 2.47. The van der Waals surface area contributed by atoms with E-state index in [1.165, 1.54) is 43.6 Å². The first-order chi connectivity index (χ1) is 8.77. The quantitative estimate of drug-likeness (QED) is 0.737. The van der Waals surface area contributed by atoms with Gasteiger partial charge in [0.25, 0.3) is 0 Å². The van der Waals surface area contributed by atoms with Crippen LogP contribution in [0.1, 0.15) is 52.5 Å². The summed E-state index contributed by atoms with van der Waals surface area (Å²) in [5.74, 6) is 0. The van der Waals surface area contributed by atoms with Crippen molar-refractivity contribution in [1.29, 1.82) is 0 Å². The minimum absolute atomic E-state index is 0.864. The maximum absolute atomic E-state index is 5.74. The minimum atomic E-state index is 0.864. The summed E-state index contributed by atoms with van der Waals surface area (Å²) in [7, 11) is 0. The molecular formula is C16H30N2. The average Bonchev–Trinajstić information content (AvgIpc) is 2.44. The molecular weight excluding hydrogens is 220 g/mol. The molecule has 0 amide bonds. The smallest absolute Gasteiger partial charge is 0.0397 e. The Balaban J connectivity index is 0.000000659. The predicted octanol–water partition coefficient (Wildman–Crippen LogP) is 4.62. The molecule has 0 radical (unpaired) electrons. The normalized spacial score (nSPS) is 13.9. The van der Waals surface area contributed by atoms with E-state index in [2.05, 4.69) is 24.0 Å². The zero-order valence-corrected chi connectivity index (χ0v) is 12.8. The molecule has 18 heavy (non-hydrogen) atoms. The number of piperidine rings is 1. The maximum atomic E-state index is 5.74. The summed E-state index contributed by atoms with van der Waals surface area (Å²) in [6, 6.07) is 6.21. The Labute approximate surface area is 113 Å². The molecule has 1 aromatic carbocycles. The fraction of sp³-hybridized carbons (Fsp3) is 0.625. The molecule has 0 unspecified atom stereocenters. The summed E-state index contributed by atoms with van der Waals surface area (Å²) >= 11 is 0. The highest BCUT2D eigenvalue weighted by Gasteiger charge is 2.12. The van der Waals surface area contributed by atoms with Gasteiger partial charge in [0, 0.05) is 24.5 Å². The summed E-state index contributed by atoms with van der Waals surface area (Å²) < 4.78 is 0. The van der Waals surface area contributed by atoms with Crippen LogP contribution in [0.15, 0.2) is 18.2 Å². The molecule has 0 bridgehead atoms. The van der Waals surface area contributed by atoms with E-state index in [0.29, 0.717) is 0 Å². The molecule has 0 saturated carbocycles. The lowest BCUT2D eigenvalue weighted by atomic mass is 10.1. The van der Waals surface area contributed by atoms with Gasteiger partial charge in [0.15, 0.2) is 0 Å². The highest BCUT2D eigenvalue weighted by Crippen LogP contribution is 2.25. The van der Waals surface area contributed by atoms with Gasteiger partial charge in [0.1, 0.15) is 0 Å². The highest BCUT2D eigenvalue weighted by atomic mass is 15.1. The zero-order valence-electron chi connectivity index (χ0n) is 12.8. The van der Waals surface area contributed by atoms with Crippen molar-refractivity contribution in [1.82, 2.24) is 0 Å². The number of nitrogens with zero attached hydrogens (tertiary/aromatic N) is 1. The van der Waals surface area contributed by atoms with Crippen LogP contribution >= 0.6 is 0 Å². The van der Waals surface area contributed by atoms with Crippen LogP contribution in [0.4, 0.5) is 11.4 Å². The van der Waals surface area contributed by atoms with Gasteiger partial charge < -0.3 is 10.6 Å². The number of benzene rings is 1. The van der Waals surface area contributed by atoms with E-state index in [9.17, 15) is 0 Å². The molecule has 1 heterocycles. The molecule has 1 aliphatic heterocycles. The van der Waals surface area contributed by atoms with Crippen LogP contribution in [-0.2, 0) is 0 Å². The molecule has 104 valence electrons. The van der Waals surface area contributed by atoms with Crippen LogP contribution in [0, 0.1) is 6.92 Å². The highest BCUT2D eigenvalue weighted by molar-refractivity contribution is 5.59. The predicted molar refractivity (Wildman–Crippen MR) is 84.4 cm³/mol. The Morgan fingerprint density at radius 3 is 2.00 bits per heavy atom. The van der Waals surface area contributed by atoms with Crippen molar-refractivity contribution in [3.8, 4) is 0 Å². The Kier molecular flexibility index (Phi) is 9.17. The second-order valence-corrected chi connectivity index (χ2v) is 4.09. The Hall–Kier alpha value is -1.18. The van der Waals surface area contributed by atoms with Gasteiger partial charge in [-0.2, -0.15) is 0 Å². The third-order valence-electron chi connectivity index (χ3n) is 2.92. The largest absolute Gasteiger partial charge is 0.399 e. The molecule has 1 fully saturated rings. The standard InChI is InChI=1S/C12H18N2.2C2H6/c1-10-9-11(13)5-6-12(10)14-7-3-2-4-8-14;2*1-2/h5-6,9H,2-4,7-8,13H2,1H3;2*1-2H3. The van der Waals surface area contributed by atoms with Gasteiger partial charge in [-0.25, -0.2) is 0 Å². The molecule has 0 aromatic heterocycles. The Bertz CT molecular complexity index is 315. The van der Waals surface area contributed by atoms with E-state index in [1.807, 2.05) is 33.8 Å². The van der Waals surface area contributed by atoms with Crippen molar-refractivity contribution < 1.29 is 0 Å². The SMILES string of the molecule is CC.CC.Cc1cc(N)ccc1N1CCCCC1. The van der Waals surface area contributed by atoms with E-state index in [1.54, 1.807) is 0 Å². The summed E-state index contributed by atoms with van der Waals surface area (Å²) in [6.07, 6.45) is 4.03. The maximum Gasteiger partial charge on any atom is 0.0397 e. The van der Waals surface area contributed by atoms with Gasteiger partial charge in [-0.15, -0.1) is 0 Å². The molecule has 2 rings (SSSR count). The summed E-state index contributed by atoms with van der Waals surface area (Å²) in [5, 5.41) is 0. The van der Waals surface area contributed by atoms with Gasteiger partial charge in [0.05, 0.1) is 0 Å². The van der Waals surface area contributed by atoms with E-state index < -0.39 is 0 Å². The van der Waals surface area contributed by atoms with Gasteiger partial charge >= 0.3 is 0 Å². The van der Waals surface area contributed by atoms with Crippen molar-refractivity contribution in [3.05, 3.63) is 23.8 Å². The number of rotatable bonds is 1. The van der Waals surface area contributed by atoms with Crippen molar-refractivity contribution in [2.24, 2.45) is 0 Å². The molecule has 0 aliphatic carbocycles. The molecule has 2 N–H and O–H groups in total. The summed E-state index contributed by atoms with van der Waals surface area (Å²) in [5.41, 5.74) is 9.26. The monoisotopic (exact) mass is 250 g/mol. The van der Waals surface area contributed by atoms with E-state index >= 15 is 0 Å². The third-order valence-corrected chi connectivity index (χ3v) is 2.92. The van der Waals surface area contributed by atoms with E-state index in [0.717, 1.165) is 5.69 Å². The number of hydrogen-bond donors (Lipinski definition) is 1. The van der Waals surface area contributed by atoms with Crippen molar-refractivity contribution in [3.63, 3.8) is 0 Å². The topological polar surface area (TPSA) is 29.3 Å². The number of aryl methyl sites for hydroxylation is 1. The fourth-order valence-corrected chi connectivity index (χ4v) is 2.17. The Morgan fingerprint density at radius 2 is 1.50 bits per heavy atom. The van der Waals surface area contributed by atoms with Crippen molar-refractivity contribution >= 4 is 11.4 Å². The molecule has 2 nitrogen and oxygen atoms in total. The van der Waals surface area contributed by atoms with Crippen molar-refractivity contribution in [2.45, 2.75) is 53.9 Å². The zero-order chi connectivity index (χ0) is 14.0. The first kappa shape index (κ1) is 16.8. The second-order valence-electron chi connectivity index (χ2n) is 4.09. The van der Waals surface area contributed by atoms with Crippen LogP contribution < -0.4 is 10.6 Å². The van der Waals surface area contributed by atoms with Gasteiger partial charge in [0.2, 0.25) is 0 Å². The lowest BCUT2D eigenvalue weighted by Crippen LogP contribution is -2.29. The second kappa shape index (κ2) is 9.81. The number of nitrogens with two attached hydrogens (primary N) is 1. The molecule has 2 heteroatoms. The first-order valence-corrected chi connectivity index (χ1v) is 7.38. The third kappa shape index (κ3) is 4.99. The van der Waals surface area contributed by atoms with Crippen LogP contribution in [0.3, 0.4) is 0 Å². The number of hydrogen-bond acceptors (Lipinski definition) is 2. The van der Waals surface area contributed by atoms with E-state index in [4.69, 9.17) is 5.73 Å². The minimum Gasteiger partial charge on any atom is -0.399 e. The fourth-order valence-electron chi connectivity index (χ4n) is 2.17. The first-order valence-electron chi connectivity index (χ1n) is 7.38. The lowest BCUT2D eigenvalue weighted by Gasteiger charge is -2.30. The molecule has 0 atom stereocenters. The Morgan fingerprint density at radius 1 is 0.944 bits per heavy atom. The van der Waals surface area contributed by atoms with Crippen molar-refractivity contribution in [2.75, 3.05) is 23.7 Å². The van der Waals surface area contributed by atoms with Crippen LogP contribution in [-0.4, -0.2) is 13.1 Å². The van der Waals surface area contributed by atoms with Crippen LogP contribution in [0.5, 0.6) is 0 Å². The summed E-state index contributed by atoms with van der Waals surface area (Å²) in [6.45, 7) is 12.5. The van der Waals surface area contributed by atoms with E-state index in [-0.39, 0.29) is 0 Å². The number of anilines is 2.